The first-order valence-electron chi connectivity index (χ1n) is 10.8. The summed E-state index contributed by atoms with van der Waals surface area (Å²) in [4.78, 5) is 7.16. The molecule has 1 atom stereocenters. The summed E-state index contributed by atoms with van der Waals surface area (Å²) >= 11 is 0. The van der Waals surface area contributed by atoms with Crippen molar-refractivity contribution in [1.29, 1.82) is 0 Å². The molecule has 0 bridgehead atoms. The number of likely N-dealkylation sites (tertiary alicyclic amines) is 1. The van der Waals surface area contributed by atoms with Crippen molar-refractivity contribution >= 4 is 0 Å². The van der Waals surface area contributed by atoms with Crippen molar-refractivity contribution in [1.82, 2.24) is 9.88 Å². The van der Waals surface area contributed by atoms with Gasteiger partial charge in [-0.05, 0) is 62.7 Å². The van der Waals surface area contributed by atoms with Crippen LogP contribution in [0.2, 0.25) is 0 Å². The van der Waals surface area contributed by atoms with Gasteiger partial charge in [-0.15, -0.1) is 0 Å². The first-order chi connectivity index (χ1) is 15.6. The summed E-state index contributed by atoms with van der Waals surface area (Å²) in [7, 11) is 3.25. The molecule has 0 N–H and O–H groups in total. The number of aryl methyl sites for hydroxylation is 1. The second kappa shape index (κ2) is 10.0. The number of hydrogen-bond acceptors (Lipinski definition) is 6. The van der Waals surface area contributed by atoms with Gasteiger partial charge in [-0.1, -0.05) is 0 Å². The lowest BCUT2D eigenvalue weighted by molar-refractivity contribution is 0.124. The van der Waals surface area contributed by atoms with Crippen LogP contribution in [0.1, 0.15) is 24.3 Å². The summed E-state index contributed by atoms with van der Waals surface area (Å²) in [6.45, 7) is 5.23. The van der Waals surface area contributed by atoms with Crippen LogP contribution >= 0.6 is 0 Å². The number of methoxy groups -OCH3 is 2. The highest BCUT2D eigenvalue weighted by Crippen LogP contribution is 2.34. The van der Waals surface area contributed by atoms with Crippen LogP contribution in [0.5, 0.6) is 17.2 Å². The molecule has 170 valence electrons. The van der Waals surface area contributed by atoms with Crippen molar-refractivity contribution in [2.45, 2.75) is 26.3 Å². The molecule has 3 aromatic rings. The molecule has 2 aromatic carbocycles. The monoisotopic (exact) mass is 440 g/mol. The fraction of sp³-hybridized carbons (Fsp3) is 0.400. The molecule has 1 aliphatic rings. The maximum atomic E-state index is 13.1. The van der Waals surface area contributed by atoms with E-state index in [1.165, 1.54) is 12.1 Å². The Morgan fingerprint density at radius 1 is 1.09 bits per heavy atom. The molecular weight excluding hydrogens is 411 g/mol. The number of oxazole rings is 1. The van der Waals surface area contributed by atoms with E-state index in [2.05, 4.69) is 4.90 Å². The number of ether oxygens (including phenoxy) is 3. The normalized spacial score (nSPS) is 16.7. The zero-order chi connectivity index (χ0) is 22.5. The lowest BCUT2D eigenvalue weighted by atomic mass is 9.99. The number of nitrogens with zero attached hydrogens (tertiary/aromatic N) is 2. The zero-order valence-corrected chi connectivity index (χ0v) is 18.8. The lowest BCUT2D eigenvalue weighted by Gasteiger charge is -2.32. The fourth-order valence-corrected chi connectivity index (χ4v) is 4.05. The number of aromatic nitrogens is 1. The summed E-state index contributed by atoms with van der Waals surface area (Å²) < 4.78 is 35.7. The van der Waals surface area contributed by atoms with Crippen LogP contribution in [-0.2, 0) is 6.54 Å². The van der Waals surface area contributed by atoms with Gasteiger partial charge in [0.25, 0.3) is 0 Å². The molecule has 1 fully saturated rings. The first-order valence-corrected chi connectivity index (χ1v) is 10.8. The van der Waals surface area contributed by atoms with E-state index in [0.717, 1.165) is 55.2 Å². The smallest absolute Gasteiger partial charge is 0.230 e. The van der Waals surface area contributed by atoms with Gasteiger partial charge in [-0.2, -0.15) is 0 Å². The van der Waals surface area contributed by atoms with E-state index in [9.17, 15) is 4.39 Å². The van der Waals surface area contributed by atoms with Crippen LogP contribution in [0, 0.1) is 18.7 Å². The number of halogens is 1. The van der Waals surface area contributed by atoms with Crippen molar-refractivity contribution in [3.8, 4) is 28.7 Å². The third-order valence-corrected chi connectivity index (χ3v) is 5.81. The Bertz CT molecular complexity index is 1030. The summed E-state index contributed by atoms with van der Waals surface area (Å²) in [5, 5.41) is 0. The van der Waals surface area contributed by atoms with Gasteiger partial charge in [-0.25, -0.2) is 9.37 Å². The Morgan fingerprint density at radius 2 is 1.88 bits per heavy atom. The largest absolute Gasteiger partial charge is 0.497 e. The predicted octanol–water partition coefficient (Wildman–Crippen LogP) is 5.10. The zero-order valence-electron chi connectivity index (χ0n) is 18.8. The summed E-state index contributed by atoms with van der Waals surface area (Å²) in [5.74, 6) is 3.60. The van der Waals surface area contributed by atoms with E-state index >= 15 is 0 Å². The average Bonchev–Trinajstić information content (AvgIpc) is 3.18. The molecule has 32 heavy (non-hydrogen) atoms. The molecule has 7 heteroatoms. The predicted molar refractivity (Wildman–Crippen MR) is 120 cm³/mol. The molecule has 4 rings (SSSR count). The van der Waals surface area contributed by atoms with Crippen molar-refractivity contribution < 1.29 is 23.0 Å². The fourth-order valence-electron chi connectivity index (χ4n) is 4.05. The van der Waals surface area contributed by atoms with Crippen LogP contribution in [0.4, 0.5) is 4.39 Å². The van der Waals surface area contributed by atoms with Crippen LogP contribution in [0.25, 0.3) is 11.5 Å². The maximum Gasteiger partial charge on any atom is 0.230 e. The summed E-state index contributed by atoms with van der Waals surface area (Å²) in [5.41, 5.74) is 1.73. The second-order valence-corrected chi connectivity index (χ2v) is 8.10. The van der Waals surface area contributed by atoms with E-state index in [-0.39, 0.29) is 5.82 Å². The van der Waals surface area contributed by atoms with Crippen LogP contribution < -0.4 is 14.2 Å². The number of rotatable bonds is 8. The molecular formula is C25H29FN2O4. The third-order valence-electron chi connectivity index (χ3n) is 5.81. The second-order valence-electron chi connectivity index (χ2n) is 8.10. The Balaban J connectivity index is 1.40. The van der Waals surface area contributed by atoms with Crippen molar-refractivity contribution in [3.63, 3.8) is 0 Å². The van der Waals surface area contributed by atoms with Gasteiger partial charge in [0, 0.05) is 25.1 Å². The summed E-state index contributed by atoms with van der Waals surface area (Å²) in [6, 6.07) is 11.8. The van der Waals surface area contributed by atoms with Crippen molar-refractivity contribution in [2.24, 2.45) is 5.92 Å². The maximum absolute atomic E-state index is 13.1. The van der Waals surface area contributed by atoms with E-state index in [1.54, 1.807) is 26.4 Å². The number of piperidine rings is 1. The molecule has 0 aliphatic carbocycles. The molecule has 6 nitrogen and oxygen atoms in total. The standard InChI is InChI=1S/C25H29FN2O4/c1-17-23(27-25(32-17)22-11-10-21(29-2)13-24(22)30-3)15-28-12-4-5-18(14-28)16-31-20-8-6-19(26)7-9-20/h6-11,13,18H,4-5,12,14-16H2,1-3H3/t18-/m0/s1. The highest BCUT2D eigenvalue weighted by atomic mass is 19.1. The average molecular weight is 441 g/mol. The lowest BCUT2D eigenvalue weighted by Crippen LogP contribution is -2.37. The highest BCUT2D eigenvalue weighted by molar-refractivity contribution is 5.65. The Morgan fingerprint density at radius 3 is 2.62 bits per heavy atom. The third kappa shape index (κ3) is 5.22. The molecule has 0 spiro atoms. The van der Waals surface area contributed by atoms with Crippen LogP contribution in [0.3, 0.4) is 0 Å². The van der Waals surface area contributed by atoms with Gasteiger partial charge in [0.05, 0.1) is 32.1 Å². The molecule has 0 unspecified atom stereocenters. The Hall–Kier alpha value is -3.06. The van der Waals surface area contributed by atoms with Gasteiger partial charge in [0.1, 0.15) is 28.8 Å². The molecule has 1 saturated heterocycles. The molecule has 1 aliphatic heterocycles. The van der Waals surface area contributed by atoms with E-state index in [0.29, 0.717) is 29.9 Å². The Kier molecular flexibility index (Phi) is 6.95. The minimum atomic E-state index is -0.254. The van der Waals surface area contributed by atoms with Gasteiger partial charge in [0.2, 0.25) is 5.89 Å². The van der Waals surface area contributed by atoms with Crippen molar-refractivity contribution in [3.05, 3.63) is 59.7 Å². The highest BCUT2D eigenvalue weighted by Gasteiger charge is 2.23. The van der Waals surface area contributed by atoms with Crippen molar-refractivity contribution in [2.75, 3.05) is 33.9 Å². The Labute approximate surface area is 187 Å². The van der Waals surface area contributed by atoms with Gasteiger partial charge >= 0.3 is 0 Å². The van der Waals surface area contributed by atoms with E-state index < -0.39 is 0 Å². The molecule has 0 amide bonds. The molecule has 0 radical (unpaired) electrons. The molecule has 2 heterocycles. The number of benzene rings is 2. The SMILES string of the molecule is COc1ccc(-c2nc(CN3CCC[C@H](COc4ccc(F)cc4)C3)c(C)o2)c(OC)c1. The summed E-state index contributed by atoms with van der Waals surface area (Å²) in [6.07, 6.45) is 2.22. The molecule has 0 saturated carbocycles. The quantitative estimate of drug-likeness (QED) is 0.486. The minimum Gasteiger partial charge on any atom is -0.497 e. The van der Waals surface area contributed by atoms with Crippen LogP contribution in [-0.4, -0.2) is 43.8 Å². The van der Waals surface area contributed by atoms with Gasteiger partial charge in [-0.3, -0.25) is 4.90 Å². The van der Waals surface area contributed by atoms with E-state index in [1.807, 2.05) is 25.1 Å². The number of hydrogen-bond donors (Lipinski definition) is 0. The first kappa shape index (κ1) is 22.1. The van der Waals surface area contributed by atoms with Gasteiger partial charge < -0.3 is 18.6 Å². The van der Waals surface area contributed by atoms with E-state index in [4.69, 9.17) is 23.6 Å². The molecule has 1 aromatic heterocycles. The topological polar surface area (TPSA) is 57.0 Å². The minimum absolute atomic E-state index is 0.254. The van der Waals surface area contributed by atoms with Gasteiger partial charge in [0.15, 0.2) is 0 Å². The van der Waals surface area contributed by atoms with Crippen LogP contribution in [0.15, 0.2) is 46.9 Å².